The first kappa shape index (κ1) is 17.4. The fourth-order valence-electron chi connectivity index (χ4n) is 1.86. The molecular weight excluding hydrogens is 273 g/mol. The largest absolute Gasteiger partial charge is 0.497 e. The lowest BCUT2D eigenvalue weighted by Crippen LogP contribution is -2.41. The summed E-state index contributed by atoms with van der Waals surface area (Å²) in [4.78, 5) is 11.9. The van der Waals surface area contributed by atoms with Gasteiger partial charge >= 0.3 is 0 Å². The summed E-state index contributed by atoms with van der Waals surface area (Å²) < 4.78 is 18.6. The second-order valence-electron chi connectivity index (χ2n) is 5.96. The predicted molar refractivity (Wildman–Crippen MR) is 80.0 cm³/mol. The maximum atomic E-state index is 13.8. The fraction of sp³-hybridized carbons (Fsp3) is 0.562. The van der Waals surface area contributed by atoms with Gasteiger partial charge in [-0.3, -0.25) is 4.79 Å². The molecule has 118 valence electrons. The number of hydrogen-bond donors (Lipinski definition) is 2. The molecule has 1 aromatic rings. The number of amides is 1. The maximum Gasteiger partial charge on any atom is 0.254 e. The van der Waals surface area contributed by atoms with Crippen molar-refractivity contribution in [1.29, 1.82) is 0 Å². The Kier molecular flexibility index (Phi) is 6.15. The van der Waals surface area contributed by atoms with Gasteiger partial charge in [-0.25, -0.2) is 4.39 Å². The summed E-state index contributed by atoms with van der Waals surface area (Å²) in [5.74, 6) is -0.354. The molecular formula is C16H24FNO3. The monoisotopic (exact) mass is 297 g/mol. The average Bonchev–Trinajstić information content (AvgIpc) is 2.42. The highest BCUT2D eigenvalue weighted by Gasteiger charge is 2.22. The van der Waals surface area contributed by atoms with Gasteiger partial charge in [0.25, 0.3) is 5.91 Å². The van der Waals surface area contributed by atoms with Gasteiger partial charge in [0.2, 0.25) is 0 Å². The van der Waals surface area contributed by atoms with Crippen LogP contribution in [0.4, 0.5) is 4.39 Å². The second kappa shape index (κ2) is 7.41. The minimum absolute atomic E-state index is 0.0598. The normalized spacial score (nSPS) is 13.9. The standard InChI is InChI=1S/C16H24FNO3/c1-11(2)7-8-16(3,20)10-18-15(19)13-6-5-12(21-4)9-14(13)17/h5-6,9,11,20H,7-8,10H2,1-4H3,(H,18,19). The third kappa shape index (κ3) is 5.71. The van der Waals surface area contributed by atoms with Crippen molar-refractivity contribution in [2.24, 2.45) is 5.92 Å². The summed E-state index contributed by atoms with van der Waals surface area (Å²) in [5.41, 5.74) is -1.06. The number of hydrogen-bond acceptors (Lipinski definition) is 3. The Bertz CT molecular complexity index is 486. The van der Waals surface area contributed by atoms with Crippen LogP contribution in [0.25, 0.3) is 0 Å². The Morgan fingerprint density at radius 3 is 2.67 bits per heavy atom. The molecule has 1 aromatic carbocycles. The molecule has 1 atom stereocenters. The first-order valence-electron chi connectivity index (χ1n) is 7.09. The van der Waals surface area contributed by atoms with Crippen molar-refractivity contribution in [3.05, 3.63) is 29.6 Å². The summed E-state index contributed by atoms with van der Waals surface area (Å²) >= 11 is 0. The van der Waals surface area contributed by atoms with Gasteiger partial charge in [-0.2, -0.15) is 0 Å². The van der Waals surface area contributed by atoms with Crippen LogP contribution in [0.3, 0.4) is 0 Å². The first-order chi connectivity index (χ1) is 9.75. The van der Waals surface area contributed by atoms with E-state index in [9.17, 15) is 14.3 Å². The molecule has 0 bridgehead atoms. The highest BCUT2D eigenvalue weighted by Crippen LogP contribution is 2.18. The number of ether oxygens (including phenoxy) is 1. The van der Waals surface area contributed by atoms with Crippen LogP contribution in [0.1, 0.15) is 44.0 Å². The van der Waals surface area contributed by atoms with Crippen LogP contribution in [-0.4, -0.2) is 30.3 Å². The van der Waals surface area contributed by atoms with E-state index in [4.69, 9.17) is 4.74 Å². The number of benzene rings is 1. The molecule has 4 nitrogen and oxygen atoms in total. The molecule has 0 aliphatic carbocycles. The van der Waals surface area contributed by atoms with Gasteiger partial charge in [-0.1, -0.05) is 13.8 Å². The van der Waals surface area contributed by atoms with Crippen LogP contribution in [0.15, 0.2) is 18.2 Å². The molecule has 0 spiro atoms. The van der Waals surface area contributed by atoms with Gasteiger partial charge in [0.05, 0.1) is 18.3 Å². The van der Waals surface area contributed by atoms with Crippen LogP contribution < -0.4 is 10.1 Å². The third-order valence-corrected chi connectivity index (χ3v) is 3.31. The topological polar surface area (TPSA) is 58.6 Å². The molecule has 0 radical (unpaired) electrons. The van der Waals surface area contributed by atoms with Crippen LogP contribution in [0, 0.1) is 11.7 Å². The Morgan fingerprint density at radius 1 is 1.48 bits per heavy atom. The fourth-order valence-corrected chi connectivity index (χ4v) is 1.86. The zero-order valence-electron chi connectivity index (χ0n) is 13.1. The Hall–Kier alpha value is -1.62. The van der Waals surface area contributed by atoms with E-state index < -0.39 is 17.3 Å². The van der Waals surface area contributed by atoms with Crippen molar-refractivity contribution in [3.8, 4) is 5.75 Å². The van der Waals surface area contributed by atoms with Crippen LogP contribution in [0.2, 0.25) is 0 Å². The van der Waals surface area contributed by atoms with E-state index in [1.807, 2.05) is 0 Å². The predicted octanol–water partition coefficient (Wildman–Crippen LogP) is 2.75. The lowest BCUT2D eigenvalue weighted by atomic mass is 9.95. The molecule has 2 N–H and O–H groups in total. The molecule has 1 amide bonds. The van der Waals surface area contributed by atoms with Gasteiger partial charge in [-0.15, -0.1) is 0 Å². The molecule has 5 heteroatoms. The number of aliphatic hydroxyl groups is 1. The highest BCUT2D eigenvalue weighted by molar-refractivity contribution is 5.94. The number of methoxy groups -OCH3 is 1. The van der Waals surface area contributed by atoms with Crippen LogP contribution in [-0.2, 0) is 0 Å². The van der Waals surface area contributed by atoms with Crippen molar-refractivity contribution in [3.63, 3.8) is 0 Å². The van der Waals surface area contributed by atoms with Crippen molar-refractivity contribution < 1.29 is 19.0 Å². The first-order valence-corrected chi connectivity index (χ1v) is 7.09. The quantitative estimate of drug-likeness (QED) is 0.813. The number of rotatable bonds is 7. The van der Waals surface area contributed by atoms with Crippen molar-refractivity contribution in [2.45, 2.75) is 39.2 Å². The van der Waals surface area contributed by atoms with Gasteiger partial charge < -0.3 is 15.2 Å². The maximum absolute atomic E-state index is 13.8. The summed E-state index contributed by atoms with van der Waals surface area (Å²) in [6.07, 6.45) is 1.44. The zero-order valence-corrected chi connectivity index (χ0v) is 13.1. The summed E-state index contributed by atoms with van der Waals surface area (Å²) in [6.45, 7) is 5.90. The number of halogens is 1. The van der Waals surface area contributed by atoms with Gasteiger partial charge in [0.1, 0.15) is 11.6 Å². The van der Waals surface area contributed by atoms with E-state index in [0.29, 0.717) is 18.1 Å². The molecule has 0 aliphatic rings. The van der Waals surface area contributed by atoms with E-state index in [2.05, 4.69) is 19.2 Å². The molecule has 1 unspecified atom stereocenters. The van der Waals surface area contributed by atoms with Crippen LogP contribution >= 0.6 is 0 Å². The molecule has 0 saturated carbocycles. The van der Waals surface area contributed by atoms with Crippen molar-refractivity contribution in [2.75, 3.05) is 13.7 Å². The van der Waals surface area contributed by atoms with Crippen molar-refractivity contribution >= 4 is 5.91 Å². The minimum Gasteiger partial charge on any atom is -0.497 e. The number of carbonyl (C=O) groups excluding carboxylic acids is 1. The Balaban J connectivity index is 2.61. The van der Waals surface area contributed by atoms with E-state index in [0.717, 1.165) is 12.5 Å². The lowest BCUT2D eigenvalue weighted by molar-refractivity contribution is 0.0428. The SMILES string of the molecule is COc1ccc(C(=O)NCC(C)(O)CCC(C)C)c(F)c1. The highest BCUT2D eigenvalue weighted by atomic mass is 19.1. The third-order valence-electron chi connectivity index (χ3n) is 3.31. The van der Waals surface area contributed by atoms with Crippen LogP contribution in [0.5, 0.6) is 5.75 Å². The minimum atomic E-state index is -0.997. The molecule has 21 heavy (non-hydrogen) atoms. The summed E-state index contributed by atoms with van der Waals surface area (Å²) in [5, 5.41) is 12.8. The summed E-state index contributed by atoms with van der Waals surface area (Å²) in [6, 6.07) is 4.05. The molecule has 0 aliphatic heterocycles. The van der Waals surface area contributed by atoms with E-state index in [1.165, 1.54) is 19.2 Å². The van der Waals surface area contributed by atoms with E-state index >= 15 is 0 Å². The molecule has 0 aromatic heterocycles. The number of nitrogens with one attached hydrogen (secondary N) is 1. The molecule has 1 rings (SSSR count). The smallest absolute Gasteiger partial charge is 0.254 e. The lowest BCUT2D eigenvalue weighted by Gasteiger charge is -2.24. The molecule has 0 fully saturated rings. The Morgan fingerprint density at radius 2 is 2.14 bits per heavy atom. The molecule has 0 saturated heterocycles. The zero-order chi connectivity index (χ0) is 16.0. The van der Waals surface area contributed by atoms with E-state index in [-0.39, 0.29) is 12.1 Å². The average molecular weight is 297 g/mol. The molecule has 0 heterocycles. The van der Waals surface area contributed by atoms with Gasteiger partial charge in [0.15, 0.2) is 0 Å². The Labute approximate surface area is 125 Å². The second-order valence-corrected chi connectivity index (χ2v) is 5.96. The van der Waals surface area contributed by atoms with Gasteiger partial charge in [-0.05, 0) is 37.8 Å². The van der Waals surface area contributed by atoms with E-state index in [1.54, 1.807) is 6.92 Å². The van der Waals surface area contributed by atoms with Gasteiger partial charge in [0, 0.05) is 12.6 Å². The summed E-state index contributed by atoms with van der Waals surface area (Å²) in [7, 11) is 1.43. The van der Waals surface area contributed by atoms with Crippen molar-refractivity contribution in [1.82, 2.24) is 5.32 Å². The number of carbonyl (C=O) groups is 1.